The topological polar surface area (TPSA) is 85.7 Å². The highest BCUT2D eigenvalue weighted by Crippen LogP contribution is 2.30. The van der Waals surface area contributed by atoms with Gasteiger partial charge in [-0.2, -0.15) is 0 Å². The normalized spacial score (nSPS) is 14.7. The second-order valence-electron chi connectivity index (χ2n) is 10.2. The molecule has 1 saturated heterocycles. The number of ether oxygens (including phenoxy) is 2. The lowest BCUT2D eigenvalue weighted by atomic mass is 9.88. The number of hydrogen-bond acceptors (Lipinski definition) is 5. The standard InChI is InChI=1S/C28H36N4O4/c1-28(2,3)36-27(34)30-19-20-7-5-8-22(17-20)21-10-13-31(14-11-21)26(33)25-18-23-24(9-6-12-29-23)32(25)15-16-35-4/h5-9,12,17-18,21H,10-11,13-16,19H2,1-4H3,(H,30,34). The van der Waals surface area contributed by atoms with Gasteiger partial charge in [0, 0.05) is 39.5 Å². The molecule has 1 aliphatic heterocycles. The molecule has 36 heavy (non-hydrogen) atoms. The molecule has 3 heterocycles. The monoisotopic (exact) mass is 492 g/mol. The van der Waals surface area contributed by atoms with Gasteiger partial charge in [0.1, 0.15) is 11.3 Å². The van der Waals surface area contributed by atoms with Crippen molar-refractivity contribution in [3.63, 3.8) is 0 Å². The van der Waals surface area contributed by atoms with E-state index in [0.717, 1.165) is 29.4 Å². The maximum absolute atomic E-state index is 13.5. The summed E-state index contributed by atoms with van der Waals surface area (Å²) in [6.07, 6.45) is 3.12. The lowest BCUT2D eigenvalue weighted by Gasteiger charge is -2.32. The van der Waals surface area contributed by atoms with Crippen molar-refractivity contribution in [2.75, 3.05) is 26.8 Å². The minimum atomic E-state index is -0.522. The van der Waals surface area contributed by atoms with Crippen LogP contribution in [0.3, 0.4) is 0 Å². The number of nitrogens with one attached hydrogen (secondary N) is 1. The number of fused-ring (bicyclic) bond motifs is 1. The number of hydrogen-bond donors (Lipinski definition) is 1. The number of amides is 2. The van der Waals surface area contributed by atoms with Crippen LogP contribution in [0.15, 0.2) is 48.7 Å². The Bertz CT molecular complexity index is 1210. The molecule has 0 bridgehead atoms. The molecule has 2 amide bonds. The Balaban J connectivity index is 1.39. The van der Waals surface area contributed by atoms with E-state index < -0.39 is 11.7 Å². The molecule has 1 aromatic carbocycles. The van der Waals surface area contributed by atoms with Crippen molar-refractivity contribution in [1.82, 2.24) is 19.8 Å². The molecule has 192 valence electrons. The van der Waals surface area contributed by atoms with Crippen molar-refractivity contribution in [1.29, 1.82) is 0 Å². The lowest BCUT2D eigenvalue weighted by molar-refractivity contribution is 0.0523. The molecular weight excluding hydrogens is 456 g/mol. The van der Waals surface area contributed by atoms with Gasteiger partial charge in [-0.15, -0.1) is 0 Å². The van der Waals surface area contributed by atoms with E-state index in [-0.39, 0.29) is 5.91 Å². The van der Waals surface area contributed by atoms with Gasteiger partial charge in [-0.1, -0.05) is 24.3 Å². The van der Waals surface area contributed by atoms with Crippen molar-refractivity contribution in [2.45, 2.75) is 58.2 Å². The summed E-state index contributed by atoms with van der Waals surface area (Å²) in [5.74, 6) is 0.411. The fourth-order valence-corrected chi connectivity index (χ4v) is 4.71. The Morgan fingerprint density at radius 1 is 1.11 bits per heavy atom. The second-order valence-corrected chi connectivity index (χ2v) is 10.2. The van der Waals surface area contributed by atoms with E-state index in [1.807, 2.05) is 60.6 Å². The van der Waals surface area contributed by atoms with Gasteiger partial charge in [-0.25, -0.2) is 4.79 Å². The van der Waals surface area contributed by atoms with E-state index in [2.05, 4.69) is 22.4 Å². The molecule has 2 aromatic heterocycles. The highest BCUT2D eigenvalue weighted by molar-refractivity contribution is 5.97. The van der Waals surface area contributed by atoms with Crippen LogP contribution in [0.1, 0.15) is 61.1 Å². The number of carbonyl (C=O) groups is 2. The van der Waals surface area contributed by atoms with Gasteiger partial charge >= 0.3 is 6.09 Å². The van der Waals surface area contributed by atoms with E-state index in [9.17, 15) is 9.59 Å². The van der Waals surface area contributed by atoms with Crippen LogP contribution in [-0.4, -0.2) is 58.9 Å². The first-order valence-electron chi connectivity index (χ1n) is 12.5. The van der Waals surface area contributed by atoms with Crippen molar-refractivity contribution in [3.05, 3.63) is 65.5 Å². The predicted molar refractivity (Wildman–Crippen MR) is 139 cm³/mol. The number of alkyl carbamates (subject to hydrolysis) is 1. The minimum absolute atomic E-state index is 0.0397. The van der Waals surface area contributed by atoms with Crippen molar-refractivity contribution in [2.24, 2.45) is 0 Å². The number of nitrogens with zero attached hydrogens (tertiary/aromatic N) is 3. The summed E-state index contributed by atoms with van der Waals surface area (Å²) < 4.78 is 12.6. The van der Waals surface area contributed by atoms with Crippen LogP contribution in [-0.2, 0) is 22.6 Å². The number of benzene rings is 1. The highest BCUT2D eigenvalue weighted by atomic mass is 16.6. The molecule has 0 atom stereocenters. The fourth-order valence-electron chi connectivity index (χ4n) is 4.71. The van der Waals surface area contributed by atoms with E-state index >= 15 is 0 Å². The first-order valence-corrected chi connectivity index (χ1v) is 12.5. The first-order chi connectivity index (χ1) is 17.2. The molecule has 1 N–H and O–H groups in total. The summed E-state index contributed by atoms with van der Waals surface area (Å²) in [4.78, 5) is 31.9. The van der Waals surface area contributed by atoms with E-state index in [1.54, 1.807) is 13.3 Å². The van der Waals surface area contributed by atoms with Gasteiger partial charge in [0.2, 0.25) is 0 Å². The summed E-state index contributed by atoms with van der Waals surface area (Å²) in [5.41, 5.74) is 4.19. The maximum Gasteiger partial charge on any atom is 0.407 e. The second kappa shape index (κ2) is 11.1. The molecule has 4 rings (SSSR count). The summed E-state index contributed by atoms with van der Waals surface area (Å²) in [6, 6.07) is 14.1. The zero-order valence-corrected chi connectivity index (χ0v) is 21.6. The molecule has 1 fully saturated rings. The van der Waals surface area contributed by atoms with Crippen molar-refractivity contribution in [3.8, 4) is 0 Å². The Hall–Kier alpha value is -3.39. The zero-order valence-electron chi connectivity index (χ0n) is 21.6. The first kappa shape index (κ1) is 25.7. The minimum Gasteiger partial charge on any atom is -0.444 e. The fraction of sp³-hybridized carbons (Fsp3) is 0.464. The van der Waals surface area contributed by atoms with Gasteiger partial charge in [0.05, 0.1) is 17.6 Å². The van der Waals surface area contributed by atoms with Crippen LogP contribution in [0.4, 0.5) is 4.79 Å². The number of piperidine rings is 1. The Kier molecular flexibility index (Phi) is 7.94. The SMILES string of the molecule is COCCn1c(C(=O)N2CCC(c3cccc(CNC(=O)OC(C)(C)C)c3)CC2)cc2ncccc21. The predicted octanol–water partition coefficient (Wildman–Crippen LogP) is 4.73. The third-order valence-corrected chi connectivity index (χ3v) is 6.45. The van der Waals surface area contributed by atoms with E-state index in [1.165, 1.54) is 5.56 Å². The summed E-state index contributed by atoms with van der Waals surface area (Å²) in [5, 5.41) is 2.83. The molecule has 8 heteroatoms. The number of methoxy groups -OCH3 is 1. The van der Waals surface area contributed by atoms with Crippen LogP contribution in [0.5, 0.6) is 0 Å². The highest BCUT2D eigenvalue weighted by Gasteiger charge is 2.27. The number of rotatable bonds is 7. The summed E-state index contributed by atoms with van der Waals surface area (Å²) >= 11 is 0. The number of pyridine rings is 1. The largest absolute Gasteiger partial charge is 0.444 e. The van der Waals surface area contributed by atoms with Crippen LogP contribution in [0, 0.1) is 0 Å². The molecule has 0 unspecified atom stereocenters. The van der Waals surface area contributed by atoms with Crippen LogP contribution < -0.4 is 5.32 Å². The summed E-state index contributed by atoms with van der Waals surface area (Å²) in [6.45, 7) is 8.49. The molecule has 0 radical (unpaired) electrons. The quantitative estimate of drug-likeness (QED) is 0.516. The molecule has 3 aromatic rings. The molecule has 1 aliphatic rings. The smallest absolute Gasteiger partial charge is 0.407 e. The van der Waals surface area contributed by atoms with Crippen molar-refractivity contribution < 1.29 is 19.1 Å². The molecule has 8 nitrogen and oxygen atoms in total. The van der Waals surface area contributed by atoms with Crippen molar-refractivity contribution >= 4 is 23.0 Å². The number of likely N-dealkylation sites (tertiary alicyclic amines) is 1. The Morgan fingerprint density at radius 3 is 2.61 bits per heavy atom. The summed E-state index contributed by atoms with van der Waals surface area (Å²) in [7, 11) is 1.67. The molecule has 0 spiro atoms. The lowest BCUT2D eigenvalue weighted by Crippen LogP contribution is -2.39. The zero-order chi connectivity index (χ0) is 25.7. The van der Waals surface area contributed by atoms with Gasteiger partial charge < -0.3 is 24.3 Å². The van der Waals surface area contributed by atoms with E-state index in [0.29, 0.717) is 44.4 Å². The van der Waals surface area contributed by atoms with Crippen LogP contribution in [0.25, 0.3) is 11.0 Å². The van der Waals surface area contributed by atoms with E-state index in [4.69, 9.17) is 9.47 Å². The third kappa shape index (κ3) is 6.23. The molecule has 0 aliphatic carbocycles. The van der Waals surface area contributed by atoms with Crippen LogP contribution in [0.2, 0.25) is 0 Å². The van der Waals surface area contributed by atoms with Gasteiger partial charge in [-0.05, 0) is 68.9 Å². The number of aromatic nitrogens is 2. The Labute approximate surface area is 212 Å². The average molecular weight is 493 g/mol. The van der Waals surface area contributed by atoms with Gasteiger partial charge in [-0.3, -0.25) is 9.78 Å². The maximum atomic E-state index is 13.5. The molecular formula is C28H36N4O4. The molecule has 0 saturated carbocycles. The van der Waals surface area contributed by atoms with Gasteiger partial charge in [0.25, 0.3) is 5.91 Å². The third-order valence-electron chi connectivity index (χ3n) is 6.45. The average Bonchev–Trinajstić information content (AvgIpc) is 3.23. The van der Waals surface area contributed by atoms with Crippen LogP contribution >= 0.6 is 0 Å². The number of carbonyl (C=O) groups excluding carboxylic acids is 2. The Morgan fingerprint density at radius 2 is 1.89 bits per heavy atom. The van der Waals surface area contributed by atoms with Gasteiger partial charge in [0.15, 0.2) is 0 Å².